The molecule has 3 amide bonds. The Hall–Kier alpha value is -4.45. The maximum Gasteiger partial charge on any atom is 0.411 e. The smallest absolute Gasteiger partial charge is 0.411 e. The molecule has 52 heavy (non-hydrogen) atoms. The number of likely N-dealkylation sites (N-methyl/N-ethyl adjacent to an activating group) is 2. The van der Waals surface area contributed by atoms with Gasteiger partial charge in [-0.25, -0.2) is 4.79 Å². The summed E-state index contributed by atoms with van der Waals surface area (Å²) in [7, 11) is 5.12. The molecule has 0 saturated carbocycles. The number of piperidine rings is 1. The summed E-state index contributed by atoms with van der Waals surface area (Å²) in [6, 6.07) is 25.5. The van der Waals surface area contributed by atoms with Crippen molar-refractivity contribution in [3.05, 3.63) is 84.4 Å². The number of amides is 3. The summed E-state index contributed by atoms with van der Waals surface area (Å²) in [4.78, 5) is 43.0. The summed E-state index contributed by atoms with van der Waals surface area (Å²) >= 11 is 0. The molecule has 11 nitrogen and oxygen atoms in total. The quantitative estimate of drug-likeness (QED) is 0.115. The summed E-state index contributed by atoms with van der Waals surface area (Å²) in [5.41, 5.74) is 4.58. The predicted octanol–water partition coefficient (Wildman–Crippen LogP) is 6.42. The molecule has 0 radical (unpaired) electrons. The van der Waals surface area contributed by atoms with Crippen molar-refractivity contribution in [1.29, 1.82) is 0 Å². The van der Waals surface area contributed by atoms with Gasteiger partial charge in [0.2, 0.25) is 11.8 Å². The lowest BCUT2D eigenvalue weighted by atomic mass is 10.0. The first kappa shape index (κ1) is 40.3. The molecule has 4 rings (SSSR count). The normalized spacial score (nSPS) is 14.0. The van der Waals surface area contributed by atoms with Gasteiger partial charge in [0, 0.05) is 78.1 Å². The van der Waals surface area contributed by atoms with Crippen LogP contribution in [-0.2, 0) is 19.1 Å². The summed E-state index contributed by atoms with van der Waals surface area (Å²) in [6.07, 6.45) is 5.00. The molecular weight excluding hydrogens is 658 g/mol. The van der Waals surface area contributed by atoms with Crippen LogP contribution < -0.4 is 10.6 Å². The van der Waals surface area contributed by atoms with Gasteiger partial charge >= 0.3 is 6.09 Å². The third-order valence-electron chi connectivity index (χ3n) is 9.59. The Kier molecular flexibility index (Phi) is 16.9. The molecular formula is C41H57N5O6. The summed E-state index contributed by atoms with van der Waals surface area (Å²) in [6.45, 7) is 4.60. The number of anilines is 2. The fourth-order valence-electron chi connectivity index (χ4n) is 6.29. The van der Waals surface area contributed by atoms with Crippen molar-refractivity contribution >= 4 is 29.3 Å². The molecule has 1 aliphatic rings. The SMILES string of the molecule is COCC(=O)N(C)CCCC(O)c1ccc(NCCCCCC(=O)N(C)CCN2CCC(OC(=O)Nc3ccccc3-c3ccccc3)CC2)cc1. The van der Waals surface area contributed by atoms with E-state index in [9.17, 15) is 19.5 Å². The molecule has 1 saturated heterocycles. The van der Waals surface area contributed by atoms with Gasteiger partial charge in [0.25, 0.3) is 0 Å². The molecule has 1 atom stereocenters. The molecule has 3 aromatic carbocycles. The average Bonchev–Trinajstić information content (AvgIpc) is 3.16. The van der Waals surface area contributed by atoms with Crippen LogP contribution in [0.4, 0.5) is 16.2 Å². The van der Waals surface area contributed by atoms with Gasteiger partial charge in [-0.1, -0.05) is 67.1 Å². The summed E-state index contributed by atoms with van der Waals surface area (Å²) in [5.74, 6) is 0.102. The minimum absolute atomic E-state index is 0.0656. The van der Waals surface area contributed by atoms with Gasteiger partial charge in [0.1, 0.15) is 12.7 Å². The molecule has 3 aromatic rings. The Bertz CT molecular complexity index is 1510. The number of para-hydroxylation sites is 1. The average molecular weight is 716 g/mol. The molecule has 1 unspecified atom stereocenters. The number of hydrogen-bond donors (Lipinski definition) is 3. The van der Waals surface area contributed by atoms with E-state index in [1.54, 1.807) is 11.9 Å². The maximum atomic E-state index is 12.7. The number of unbranched alkanes of at least 4 members (excludes halogenated alkanes) is 2. The van der Waals surface area contributed by atoms with E-state index in [-0.39, 0.29) is 24.5 Å². The van der Waals surface area contributed by atoms with Gasteiger partial charge in [-0.15, -0.1) is 0 Å². The Morgan fingerprint density at radius 3 is 2.27 bits per heavy atom. The van der Waals surface area contributed by atoms with E-state index in [0.29, 0.717) is 32.4 Å². The fraction of sp³-hybridized carbons (Fsp3) is 0.488. The molecule has 0 bridgehead atoms. The van der Waals surface area contributed by atoms with E-state index < -0.39 is 12.2 Å². The van der Waals surface area contributed by atoms with E-state index in [2.05, 4.69) is 15.5 Å². The zero-order chi connectivity index (χ0) is 37.1. The van der Waals surface area contributed by atoms with E-state index >= 15 is 0 Å². The highest BCUT2D eigenvalue weighted by Crippen LogP contribution is 2.28. The topological polar surface area (TPSA) is 124 Å². The van der Waals surface area contributed by atoms with Crippen molar-refractivity contribution in [1.82, 2.24) is 14.7 Å². The van der Waals surface area contributed by atoms with Crippen LogP contribution in [0.25, 0.3) is 11.1 Å². The monoisotopic (exact) mass is 715 g/mol. The zero-order valence-electron chi connectivity index (χ0n) is 31.1. The number of benzene rings is 3. The molecule has 0 aromatic heterocycles. The molecule has 0 spiro atoms. The van der Waals surface area contributed by atoms with Crippen molar-refractivity contribution < 1.29 is 29.0 Å². The third-order valence-corrected chi connectivity index (χ3v) is 9.59. The zero-order valence-corrected chi connectivity index (χ0v) is 31.1. The number of aliphatic hydroxyl groups is 1. The second kappa shape index (κ2) is 21.8. The van der Waals surface area contributed by atoms with Crippen molar-refractivity contribution in [2.45, 2.75) is 63.6 Å². The number of rotatable bonds is 20. The molecule has 3 N–H and O–H groups in total. The van der Waals surface area contributed by atoms with Crippen LogP contribution in [0.3, 0.4) is 0 Å². The number of nitrogens with zero attached hydrogens (tertiary/aromatic N) is 3. The van der Waals surface area contributed by atoms with Crippen molar-refractivity contribution in [3.8, 4) is 11.1 Å². The number of aliphatic hydroxyl groups excluding tert-OH is 1. The minimum Gasteiger partial charge on any atom is -0.446 e. The van der Waals surface area contributed by atoms with Crippen LogP contribution in [-0.4, -0.2) is 111 Å². The lowest BCUT2D eigenvalue weighted by Crippen LogP contribution is -2.42. The van der Waals surface area contributed by atoms with E-state index in [0.717, 1.165) is 86.3 Å². The van der Waals surface area contributed by atoms with Gasteiger partial charge in [0.05, 0.1) is 11.8 Å². The highest BCUT2D eigenvalue weighted by molar-refractivity contribution is 5.91. The largest absolute Gasteiger partial charge is 0.446 e. The lowest BCUT2D eigenvalue weighted by Gasteiger charge is -2.32. The maximum absolute atomic E-state index is 12.7. The number of ether oxygens (including phenoxy) is 2. The van der Waals surface area contributed by atoms with Crippen molar-refractivity contribution in [2.75, 3.05) is 77.7 Å². The van der Waals surface area contributed by atoms with Crippen LogP contribution >= 0.6 is 0 Å². The number of carbonyl (C=O) groups excluding carboxylic acids is 3. The standard InChI is InChI=1S/C41H57N5O6/c1-44(40(49)31-51-3)26-12-17-38(47)33-19-21-34(22-20-33)42-25-11-5-8-18-39(48)45(2)29-30-46-27-23-35(24-28-46)52-41(50)43-37-16-10-9-15-36(37)32-13-6-4-7-14-32/h4,6-7,9-10,13-16,19-22,35,38,42,47H,5,8,11-12,17-18,23-31H2,1-3H3,(H,43,50). The lowest BCUT2D eigenvalue weighted by molar-refractivity contribution is -0.134. The van der Waals surface area contributed by atoms with Crippen molar-refractivity contribution in [3.63, 3.8) is 0 Å². The Labute approximate surface area is 309 Å². The Morgan fingerprint density at radius 1 is 0.846 bits per heavy atom. The first-order chi connectivity index (χ1) is 25.2. The number of nitrogens with one attached hydrogen (secondary N) is 2. The van der Waals surface area contributed by atoms with Gasteiger partial charge in [-0.3, -0.25) is 14.9 Å². The molecule has 282 valence electrons. The summed E-state index contributed by atoms with van der Waals surface area (Å²) < 4.78 is 10.6. The van der Waals surface area contributed by atoms with Crippen LogP contribution in [0.2, 0.25) is 0 Å². The number of methoxy groups -OCH3 is 1. The van der Waals surface area contributed by atoms with E-state index in [4.69, 9.17) is 9.47 Å². The number of carbonyl (C=O) groups is 3. The molecule has 1 heterocycles. The predicted molar refractivity (Wildman–Crippen MR) is 206 cm³/mol. The van der Waals surface area contributed by atoms with Gasteiger partial charge in [0.15, 0.2) is 0 Å². The van der Waals surface area contributed by atoms with E-state index in [1.165, 1.54) is 7.11 Å². The molecule has 11 heteroatoms. The fourth-order valence-corrected chi connectivity index (χ4v) is 6.29. The van der Waals surface area contributed by atoms with Crippen molar-refractivity contribution in [2.24, 2.45) is 0 Å². The highest BCUT2D eigenvalue weighted by Gasteiger charge is 2.23. The van der Waals surface area contributed by atoms with E-state index in [1.807, 2.05) is 90.8 Å². The first-order valence-corrected chi connectivity index (χ1v) is 18.6. The van der Waals surface area contributed by atoms with Crippen LogP contribution in [0.5, 0.6) is 0 Å². The molecule has 1 fully saturated rings. The second-order valence-corrected chi connectivity index (χ2v) is 13.6. The van der Waals surface area contributed by atoms with Crippen LogP contribution in [0.15, 0.2) is 78.9 Å². The van der Waals surface area contributed by atoms with Gasteiger partial charge in [-0.2, -0.15) is 0 Å². The van der Waals surface area contributed by atoms with Gasteiger partial charge < -0.3 is 34.6 Å². The molecule has 0 aliphatic carbocycles. The highest BCUT2D eigenvalue weighted by atomic mass is 16.6. The Balaban J connectivity index is 1.02. The van der Waals surface area contributed by atoms with Crippen LogP contribution in [0, 0.1) is 0 Å². The van der Waals surface area contributed by atoms with Crippen LogP contribution in [0.1, 0.15) is 63.0 Å². The third kappa shape index (κ3) is 13.6. The second-order valence-electron chi connectivity index (χ2n) is 13.6. The number of hydrogen-bond acceptors (Lipinski definition) is 8. The Morgan fingerprint density at radius 2 is 1.54 bits per heavy atom. The van der Waals surface area contributed by atoms with Gasteiger partial charge in [-0.05, 0) is 67.9 Å². The minimum atomic E-state index is -0.572. The summed E-state index contributed by atoms with van der Waals surface area (Å²) in [5, 5.41) is 16.9. The number of likely N-dealkylation sites (tertiary alicyclic amines) is 1. The molecule has 1 aliphatic heterocycles. The first-order valence-electron chi connectivity index (χ1n) is 18.6.